The van der Waals surface area contributed by atoms with E-state index in [1.165, 1.54) is 6.92 Å². The average molecular weight is 368 g/mol. The van der Waals surface area contributed by atoms with Gasteiger partial charge in [0.15, 0.2) is 5.78 Å². The first-order valence-corrected chi connectivity index (χ1v) is 9.56. The summed E-state index contributed by atoms with van der Waals surface area (Å²) in [7, 11) is -1.07. The fourth-order valence-electron chi connectivity index (χ4n) is 4.08. The van der Waals surface area contributed by atoms with Crippen LogP contribution in [0.1, 0.15) is 48.5 Å². The van der Waals surface area contributed by atoms with E-state index in [0.29, 0.717) is 36.6 Å². The highest BCUT2D eigenvalue weighted by molar-refractivity contribution is 6.47. The van der Waals surface area contributed by atoms with Gasteiger partial charge >= 0.3 is 7.12 Å². The van der Waals surface area contributed by atoms with Crippen molar-refractivity contribution in [1.82, 2.24) is 4.90 Å². The molecule has 3 rings (SSSR count). The zero-order valence-electron chi connectivity index (χ0n) is 15.7. The van der Waals surface area contributed by atoms with Gasteiger partial charge in [0.2, 0.25) is 0 Å². The molecule has 1 saturated heterocycles. The smallest absolute Gasteiger partial charge is 0.526 e. The van der Waals surface area contributed by atoms with Crippen molar-refractivity contribution in [3.05, 3.63) is 29.3 Å². The molecule has 2 aliphatic rings. The van der Waals surface area contributed by atoms with Crippen LogP contribution in [0.25, 0.3) is 0 Å². The highest BCUT2D eigenvalue weighted by Gasteiger charge is 2.37. The Balaban J connectivity index is 1.56. The largest absolute Gasteiger partial charge is 0.535 e. The lowest BCUT2D eigenvalue weighted by atomic mass is 9.64. The van der Waals surface area contributed by atoms with E-state index in [1.807, 2.05) is 12.1 Å². The second-order valence-electron chi connectivity index (χ2n) is 7.65. The number of benzene rings is 1. The molecule has 7 heteroatoms. The van der Waals surface area contributed by atoms with Crippen LogP contribution >= 0.6 is 0 Å². The Labute approximate surface area is 160 Å². The Bertz CT molecular complexity index is 753. The van der Waals surface area contributed by atoms with E-state index < -0.39 is 7.12 Å². The van der Waals surface area contributed by atoms with E-state index in [-0.39, 0.29) is 23.8 Å². The first-order chi connectivity index (χ1) is 13.0. The number of hydrogen-bond acceptors (Lipinski definition) is 6. The third-order valence-corrected chi connectivity index (χ3v) is 5.61. The van der Waals surface area contributed by atoms with Gasteiger partial charge in [0.1, 0.15) is 11.5 Å². The fraction of sp³-hybridized carbons (Fsp3) is 0.550. The molecule has 142 valence electrons. The SMILES string of the molecule is CC(=O)c1cccc2c1OB(O)[C@@H](CC(=O)CC1CCN(CC#N)CC1)C2. The molecule has 0 saturated carbocycles. The Morgan fingerprint density at radius 3 is 2.74 bits per heavy atom. The molecule has 0 bridgehead atoms. The minimum absolute atomic E-state index is 0.101. The number of rotatable bonds is 6. The lowest BCUT2D eigenvalue weighted by Crippen LogP contribution is -2.37. The summed E-state index contributed by atoms with van der Waals surface area (Å²) in [6.07, 6.45) is 3.20. The standard InChI is InChI=1S/C20H25BN2O4/c1-14(24)19-4-2-3-16-12-17(21(26)27-20(16)19)13-18(25)11-15-5-8-23(9-6-15)10-7-22/h2-4,15,17,26H,5-6,8-13H2,1H3/t17-/m1/s1. The summed E-state index contributed by atoms with van der Waals surface area (Å²) in [5.41, 5.74) is 1.34. The molecule has 1 aromatic carbocycles. The lowest BCUT2D eigenvalue weighted by molar-refractivity contribution is -0.120. The summed E-state index contributed by atoms with van der Waals surface area (Å²) in [5, 5.41) is 19.1. The van der Waals surface area contributed by atoms with Crippen LogP contribution in [0.5, 0.6) is 5.75 Å². The molecule has 1 fully saturated rings. The zero-order valence-corrected chi connectivity index (χ0v) is 15.7. The highest BCUT2D eigenvalue weighted by Crippen LogP contribution is 2.37. The summed E-state index contributed by atoms with van der Waals surface area (Å²) in [5.74, 6) is 0.562. The number of nitrogens with zero attached hydrogens (tertiary/aromatic N) is 2. The van der Waals surface area contributed by atoms with Crippen molar-refractivity contribution < 1.29 is 19.3 Å². The van der Waals surface area contributed by atoms with Crippen molar-refractivity contribution in [1.29, 1.82) is 5.26 Å². The molecule has 1 atom stereocenters. The molecule has 2 heterocycles. The Morgan fingerprint density at radius 1 is 1.33 bits per heavy atom. The minimum Gasteiger partial charge on any atom is -0.535 e. The van der Waals surface area contributed by atoms with E-state index in [2.05, 4.69) is 11.0 Å². The molecule has 0 amide bonds. The maximum atomic E-state index is 12.5. The Hall–Kier alpha value is -2.17. The number of para-hydroxylation sites is 1. The van der Waals surface area contributed by atoms with Crippen molar-refractivity contribution in [3.63, 3.8) is 0 Å². The van der Waals surface area contributed by atoms with Crippen LogP contribution in [0.2, 0.25) is 5.82 Å². The predicted molar refractivity (Wildman–Crippen MR) is 102 cm³/mol. The van der Waals surface area contributed by atoms with E-state index in [0.717, 1.165) is 31.5 Å². The minimum atomic E-state index is -1.07. The van der Waals surface area contributed by atoms with Crippen LogP contribution in [-0.2, 0) is 11.2 Å². The van der Waals surface area contributed by atoms with Crippen LogP contribution in [0.3, 0.4) is 0 Å². The van der Waals surface area contributed by atoms with Gasteiger partial charge in [-0.25, -0.2) is 0 Å². The molecule has 1 N–H and O–H groups in total. The Kier molecular flexibility index (Phi) is 6.30. The van der Waals surface area contributed by atoms with Crippen LogP contribution < -0.4 is 4.65 Å². The van der Waals surface area contributed by atoms with Crippen LogP contribution in [0.4, 0.5) is 0 Å². The van der Waals surface area contributed by atoms with Gasteiger partial charge < -0.3 is 9.68 Å². The summed E-state index contributed by atoms with van der Waals surface area (Å²) in [4.78, 5) is 26.4. The fourth-order valence-corrected chi connectivity index (χ4v) is 4.08. The van der Waals surface area contributed by atoms with E-state index in [1.54, 1.807) is 6.07 Å². The molecule has 2 aliphatic heterocycles. The first kappa shape index (κ1) is 19.6. The van der Waals surface area contributed by atoms with Crippen molar-refractivity contribution in [3.8, 4) is 11.8 Å². The number of hydrogen-bond donors (Lipinski definition) is 1. The van der Waals surface area contributed by atoms with Gasteiger partial charge in [0.05, 0.1) is 18.2 Å². The van der Waals surface area contributed by atoms with Crippen molar-refractivity contribution in [2.45, 2.75) is 44.8 Å². The highest BCUT2D eigenvalue weighted by atomic mass is 16.5. The van der Waals surface area contributed by atoms with Gasteiger partial charge in [-0.2, -0.15) is 5.26 Å². The number of carbonyl (C=O) groups excluding carboxylic acids is 2. The van der Waals surface area contributed by atoms with Crippen LogP contribution in [0, 0.1) is 17.2 Å². The second-order valence-corrected chi connectivity index (χ2v) is 7.65. The number of nitriles is 1. The number of carbonyl (C=O) groups is 2. The van der Waals surface area contributed by atoms with Crippen molar-refractivity contribution in [2.75, 3.05) is 19.6 Å². The number of Topliss-reactive ketones (excluding diaryl/α,β-unsaturated/α-hetero) is 2. The third-order valence-electron chi connectivity index (χ3n) is 5.61. The molecule has 6 nitrogen and oxygen atoms in total. The number of ketones is 2. The maximum absolute atomic E-state index is 12.5. The van der Waals surface area contributed by atoms with E-state index in [9.17, 15) is 14.6 Å². The molecular weight excluding hydrogens is 343 g/mol. The maximum Gasteiger partial charge on any atom is 0.526 e. The summed E-state index contributed by atoms with van der Waals surface area (Å²) < 4.78 is 5.61. The quantitative estimate of drug-likeness (QED) is 0.471. The predicted octanol–water partition coefficient (Wildman–Crippen LogP) is 2.26. The lowest BCUT2D eigenvalue weighted by Gasteiger charge is -2.31. The average Bonchev–Trinajstić information content (AvgIpc) is 2.63. The molecule has 27 heavy (non-hydrogen) atoms. The molecular formula is C20H25BN2O4. The number of piperidine rings is 1. The number of likely N-dealkylation sites (tertiary alicyclic amines) is 1. The molecule has 0 aliphatic carbocycles. The van der Waals surface area contributed by atoms with Crippen LogP contribution in [-0.4, -0.2) is 48.2 Å². The van der Waals surface area contributed by atoms with Gasteiger partial charge in [-0.05, 0) is 56.8 Å². The molecule has 1 aromatic rings. The zero-order chi connectivity index (χ0) is 19.4. The second kappa shape index (κ2) is 8.68. The van der Waals surface area contributed by atoms with Crippen molar-refractivity contribution in [2.24, 2.45) is 5.92 Å². The van der Waals surface area contributed by atoms with Gasteiger partial charge in [-0.3, -0.25) is 14.5 Å². The molecule has 0 unspecified atom stereocenters. The van der Waals surface area contributed by atoms with E-state index in [4.69, 9.17) is 9.92 Å². The van der Waals surface area contributed by atoms with Gasteiger partial charge in [0, 0.05) is 18.7 Å². The monoisotopic (exact) mass is 368 g/mol. The topological polar surface area (TPSA) is 90.6 Å². The number of fused-ring (bicyclic) bond motifs is 1. The Morgan fingerprint density at radius 2 is 2.07 bits per heavy atom. The van der Waals surface area contributed by atoms with Gasteiger partial charge in [0.25, 0.3) is 0 Å². The summed E-state index contributed by atoms with van der Waals surface area (Å²) in [6, 6.07) is 7.55. The van der Waals surface area contributed by atoms with Crippen molar-refractivity contribution >= 4 is 18.7 Å². The molecule has 0 radical (unpaired) electrons. The van der Waals surface area contributed by atoms with Crippen LogP contribution in [0.15, 0.2) is 18.2 Å². The van der Waals surface area contributed by atoms with Gasteiger partial charge in [-0.15, -0.1) is 0 Å². The summed E-state index contributed by atoms with van der Waals surface area (Å²) in [6.45, 7) is 3.65. The van der Waals surface area contributed by atoms with E-state index >= 15 is 0 Å². The summed E-state index contributed by atoms with van der Waals surface area (Å²) >= 11 is 0. The normalized spacial score (nSPS) is 20.5. The third kappa shape index (κ3) is 4.76. The first-order valence-electron chi connectivity index (χ1n) is 9.56. The molecule has 0 aromatic heterocycles. The van der Waals surface area contributed by atoms with Gasteiger partial charge in [-0.1, -0.05) is 12.1 Å². The molecule has 0 spiro atoms.